The first kappa shape index (κ1) is 19.8. The summed E-state index contributed by atoms with van der Waals surface area (Å²) in [5, 5.41) is 3.15. The Bertz CT molecular complexity index is 551. The third kappa shape index (κ3) is 5.74. The van der Waals surface area contributed by atoms with Gasteiger partial charge in [0.15, 0.2) is 0 Å². The van der Waals surface area contributed by atoms with Gasteiger partial charge in [-0.15, -0.1) is 0 Å². The summed E-state index contributed by atoms with van der Waals surface area (Å²) < 4.78 is 10.9. The van der Waals surface area contributed by atoms with Gasteiger partial charge in [0, 0.05) is 19.1 Å². The first-order valence-corrected chi connectivity index (χ1v) is 9.38. The second-order valence-electron chi connectivity index (χ2n) is 8.00. The zero-order valence-corrected chi connectivity index (χ0v) is 16.3. The van der Waals surface area contributed by atoms with E-state index in [1.165, 1.54) is 5.56 Å². The molecule has 25 heavy (non-hydrogen) atoms. The van der Waals surface area contributed by atoms with Gasteiger partial charge in [0.1, 0.15) is 5.75 Å². The smallest absolute Gasteiger partial charge is 0.223 e. The van der Waals surface area contributed by atoms with E-state index in [9.17, 15) is 4.79 Å². The first-order valence-electron chi connectivity index (χ1n) is 9.38. The summed E-state index contributed by atoms with van der Waals surface area (Å²) in [5.74, 6) is 2.07. The Morgan fingerprint density at radius 1 is 1.32 bits per heavy atom. The van der Waals surface area contributed by atoms with Crippen molar-refractivity contribution in [3.8, 4) is 5.75 Å². The van der Waals surface area contributed by atoms with Crippen LogP contribution < -0.4 is 10.1 Å². The Balaban J connectivity index is 1.87. The van der Waals surface area contributed by atoms with Crippen LogP contribution in [0, 0.1) is 11.8 Å². The molecule has 140 valence electrons. The minimum Gasteiger partial charge on any atom is -0.497 e. The molecule has 1 aliphatic heterocycles. The maximum atomic E-state index is 12.5. The molecular weight excluding hydrogens is 314 g/mol. The third-order valence-electron chi connectivity index (χ3n) is 5.17. The predicted molar refractivity (Wildman–Crippen MR) is 101 cm³/mol. The number of benzene rings is 1. The van der Waals surface area contributed by atoms with Crippen LogP contribution in [0.2, 0.25) is 0 Å². The number of methoxy groups -OCH3 is 1. The van der Waals surface area contributed by atoms with Crippen LogP contribution in [0.3, 0.4) is 0 Å². The summed E-state index contributed by atoms with van der Waals surface area (Å²) in [6, 6.07) is 8.28. The minimum absolute atomic E-state index is 0.0715. The molecule has 0 radical (unpaired) electrons. The lowest BCUT2D eigenvalue weighted by molar-refractivity contribution is -0.135. The van der Waals surface area contributed by atoms with Gasteiger partial charge in [0.25, 0.3) is 0 Å². The van der Waals surface area contributed by atoms with E-state index in [2.05, 4.69) is 45.1 Å². The fourth-order valence-electron chi connectivity index (χ4n) is 3.69. The highest BCUT2D eigenvalue weighted by molar-refractivity contribution is 5.78. The van der Waals surface area contributed by atoms with E-state index in [1.807, 2.05) is 12.1 Å². The number of ether oxygens (including phenoxy) is 2. The Kier molecular flexibility index (Phi) is 6.88. The number of hydrogen-bond acceptors (Lipinski definition) is 3. The molecule has 0 spiro atoms. The topological polar surface area (TPSA) is 47.6 Å². The summed E-state index contributed by atoms with van der Waals surface area (Å²) in [7, 11) is 1.68. The molecule has 0 saturated carbocycles. The summed E-state index contributed by atoms with van der Waals surface area (Å²) in [6.45, 7) is 9.97. The van der Waals surface area contributed by atoms with Gasteiger partial charge in [-0.3, -0.25) is 4.79 Å². The largest absolute Gasteiger partial charge is 0.497 e. The van der Waals surface area contributed by atoms with E-state index in [-0.39, 0.29) is 17.4 Å². The molecule has 1 heterocycles. The maximum Gasteiger partial charge on any atom is 0.223 e. The van der Waals surface area contributed by atoms with Gasteiger partial charge in [-0.2, -0.15) is 0 Å². The van der Waals surface area contributed by atoms with Crippen molar-refractivity contribution in [2.75, 3.05) is 20.3 Å². The average Bonchev–Trinajstić information content (AvgIpc) is 2.57. The predicted octanol–water partition coefficient (Wildman–Crippen LogP) is 4.15. The molecule has 1 aliphatic rings. The van der Waals surface area contributed by atoms with Crippen LogP contribution in [-0.2, 0) is 9.53 Å². The molecule has 1 N–H and O–H groups in total. The van der Waals surface area contributed by atoms with Crippen molar-refractivity contribution in [2.45, 2.75) is 58.5 Å². The number of rotatable bonds is 7. The lowest BCUT2D eigenvalue weighted by Crippen LogP contribution is -2.41. The lowest BCUT2D eigenvalue weighted by Gasteiger charge is -2.34. The Morgan fingerprint density at radius 3 is 2.56 bits per heavy atom. The van der Waals surface area contributed by atoms with Crippen LogP contribution in [0.15, 0.2) is 24.3 Å². The summed E-state index contributed by atoms with van der Waals surface area (Å²) in [4.78, 5) is 12.5. The van der Waals surface area contributed by atoms with Gasteiger partial charge in [-0.05, 0) is 62.6 Å². The van der Waals surface area contributed by atoms with Crippen LogP contribution >= 0.6 is 0 Å². The maximum absolute atomic E-state index is 12.5. The van der Waals surface area contributed by atoms with E-state index < -0.39 is 0 Å². The van der Waals surface area contributed by atoms with Gasteiger partial charge in [-0.1, -0.05) is 26.0 Å². The quantitative estimate of drug-likeness (QED) is 0.806. The summed E-state index contributed by atoms with van der Waals surface area (Å²) in [6.07, 6.45) is 2.56. The molecule has 0 aliphatic carbocycles. The number of nitrogens with one attached hydrogen (secondary N) is 1. The van der Waals surface area contributed by atoms with Crippen molar-refractivity contribution in [3.63, 3.8) is 0 Å². The molecule has 1 saturated heterocycles. The Labute approximate surface area is 152 Å². The highest BCUT2D eigenvalue weighted by atomic mass is 16.5. The van der Waals surface area contributed by atoms with Crippen molar-refractivity contribution >= 4 is 5.91 Å². The highest BCUT2D eigenvalue weighted by Gasteiger charge is 2.32. The van der Waals surface area contributed by atoms with Crippen LogP contribution in [0.5, 0.6) is 5.75 Å². The van der Waals surface area contributed by atoms with E-state index in [0.29, 0.717) is 25.0 Å². The third-order valence-corrected chi connectivity index (χ3v) is 5.17. The fourth-order valence-corrected chi connectivity index (χ4v) is 3.69. The second kappa shape index (κ2) is 8.70. The van der Waals surface area contributed by atoms with Crippen molar-refractivity contribution in [1.29, 1.82) is 0 Å². The normalized spacial score (nSPS) is 21.0. The number of hydrogen-bond donors (Lipinski definition) is 1. The van der Waals surface area contributed by atoms with Gasteiger partial charge < -0.3 is 14.8 Å². The molecule has 4 heteroatoms. The minimum atomic E-state index is -0.191. The molecule has 2 atom stereocenters. The molecule has 1 aromatic carbocycles. The van der Waals surface area contributed by atoms with Crippen LogP contribution in [-0.4, -0.2) is 31.8 Å². The molecular formula is C21H33NO3. The summed E-state index contributed by atoms with van der Waals surface area (Å²) >= 11 is 0. The first-order chi connectivity index (χ1) is 11.8. The molecule has 1 aromatic rings. The molecule has 2 rings (SSSR count). The summed E-state index contributed by atoms with van der Waals surface area (Å²) in [5.41, 5.74) is 1.11. The SMILES string of the molecule is COc1ccc(C(CCNC(=O)C2CCOC(C)(C)C2)C(C)C)cc1. The zero-order valence-electron chi connectivity index (χ0n) is 16.3. The van der Waals surface area contributed by atoms with Gasteiger partial charge in [-0.25, -0.2) is 0 Å². The molecule has 1 fully saturated rings. The fraction of sp³-hybridized carbons (Fsp3) is 0.667. The Morgan fingerprint density at radius 2 is 2.00 bits per heavy atom. The van der Waals surface area contributed by atoms with E-state index in [0.717, 1.165) is 25.0 Å². The van der Waals surface area contributed by atoms with E-state index >= 15 is 0 Å². The molecule has 0 bridgehead atoms. The van der Waals surface area contributed by atoms with Crippen LogP contribution in [0.1, 0.15) is 58.4 Å². The second-order valence-corrected chi connectivity index (χ2v) is 8.00. The van der Waals surface area contributed by atoms with Crippen molar-refractivity contribution in [3.05, 3.63) is 29.8 Å². The number of carbonyl (C=O) groups excluding carboxylic acids is 1. The molecule has 2 unspecified atom stereocenters. The van der Waals surface area contributed by atoms with Crippen LogP contribution in [0.25, 0.3) is 0 Å². The van der Waals surface area contributed by atoms with Crippen LogP contribution in [0.4, 0.5) is 0 Å². The molecule has 1 amide bonds. The standard InChI is InChI=1S/C21H33NO3/c1-15(2)19(16-6-8-18(24-5)9-7-16)10-12-22-20(23)17-11-13-25-21(3,4)14-17/h6-9,15,17,19H,10-14H2,1-5H3,(H,22,23). The van der Waals surface area contributed by atoms with E-state index in [4.69, 9.17) is 9.47 Å². The number of carbonyl (C=O) groups is 1. The molecule has 4 nitrogen and oxygen atoms in total. The average molecular weight is 347 g/mol. The zero-order chi connectivity index (χ0) is 18.4. The lowest BCUT2D eigenvalue weighted by atomic mass is 9.85. The molecule has 0 aromatic heterocycles. The van der Waals surface area contributed by atoms with Crippen molar-refractivity contribution in [1.82, 2.24) is 5.32 Å². The van der Waals surface area contributed by atoms with Gasteiger partial charge >= 0.3 is 0 Å². The monoisotopic (exact) mass is 347 g/mol. The Hall–Kier alpha value is -1.55. The van der Waals surface area contributed by atoms with Crippen molar-refractivity contribution in [2.24, 2.45) is 11.8 Å². The van der Waals surface area contributed by atoms with Crippen molar-refractivity contribution < 1.29 is 14.3 Å². The number of amides is 1. The van der Waals surface area contributed by atoms with E-state index in [1.54, 1.807) is 7.11 Å². The van der Waals surface area contributed by atoms with Gasteiger partial charge in [0.2, 0.25) is 5.91 Å². The highest BCUT2D eigenvalue weighted by Crippen LogP contribution is 2.30. The van der Waals surface area contributed by atoms with Gasteiger partial charge in [0.05, 0.1) is 12.7 Å².